The lowest BCUT2D eigenvalue weighted by Crippen LogP contribution is -2.54. The van der Waals surface area contributed by atoms with Gasteiger partial charge < -0.3 is 10.2 Å². The maximum atomic E-state index is 14.1. The van der Waals surface area contributed by atoms with Gasteiger partial charge in [0.25, 0.3) is 5.69 Å². The maximum Gasteiger partial charge on any atom is 0.271 e. The van der Waals surface area contributed by atoms with Crippen molar-refractivity contribution in [1.29, 1.82) is 0 Å². The van der Waals surface area contributed by atoms with Crippen molar-refractivity contribution >= 4 is 49.1 Å². The van der Waals surface area contributed by atoms with Gasteiger partial charge in [-0.25, -0.2) is 8.42 Å². The number of sulfonamides is 1. The zero-order valence-electron chi connectivity index (χ0n) is 23.2. The predicted molar refractivity (Wildman–Crippen MR) is 164 cm³/mol. The van der Waals surface area contributed by atoms with Gasteiger partial charge in [-0.05, 0) is 42.2 Å². The molecule has 0 bridgehead atoms. The average molecular weight is 658 g/mol. The summed E-state index contributed by atoms with van der Waals surface area (Å²) in [6.45, 7) is -0.601. The van der Waals surface area contributed by atoms with Crippen LogP contribution in [0.4, 0.5) is 11.4 Å². The van der Waals surface area contributed by atoms with Crippen LogP contribution in [0.15, 0.2) is 83.3 Å². The molecule has 1 fully saturated rings. The van der Waals surface area contributed by atoms with Gasteiger partial charge in [0.2, 0.25) is 21.8 Å². The first-order valence-corrected chi connectivity index (χ1v) is 16.3. The molecule has 0 aromatic heterocycles. The molecule has 0 aliphatic heterocycles. The molecule has 222 valence electrons. The third kappa shape index (κ3) is 8.39. The van der Waals surface area contributed by atoms with E-state index in [4.69, 9.17) is 0 Å². The van der Waals surface area contributed by atoms with Crippen LogP contribution in [0.25, 0.3) is 0 Å². The summed E-state index contributed by atoms with van der Waals surface area (Å²) in [5, 5.41) is 14.5. The summed E-state index contributed by atoms with van der Waals surface area (Å²) in [5.74, 6) is -0.926. The van der Waals surface area contributed by atoms with Crippen molar-refractivity contribution in [3.05, 3.63) is 105 Å². The van der Waals surface area contributed by atoms with E-state index in [2.05, 4.69) is 21.2 Å². The number of nitro benzene ring substituents is 1. The van der Waals surface area contributed by atoms with Gasteiger partial charge >= 0.3 is 0 Å². The van der Waals surface area contributed by atoms with Crippen molar-refractivity contribution in [1.82, 2.24) is 10.2 Å². The van der Waals surface area contributed by atoms with Crippen LogP contribution in [-0.2, 0) is 32.6 Å². The SMILES string of the molecule is CS(=O)(=O)N(CC(=O)N(Cc1cccc(Br)c1)C(Cc1ccccc1)C(=O)NC1CCCC1)c1cccc([N+](=O)[O-])c1. The topological polar surface area (TPSA) is 130 Å². The number of hydrogen-bond acceptors (Lipinski definition) is 6. The molecule has 3 aromatic rings. The quantitative estimate of drug-likeness (QED) is 0.220. The number of anilines is 1. The molecule has 42 heavy (non-hydrogen) atoms. The first-order valence-electron chi connectivity index (χ1n) is 13.6. The van der Waals surface area contributed by atoms with E-state index >= 15 is 0 Å². The molecule has 1 aliphatic carbocycles. The summed E-state index contributed by atoms with van der Waals surface area (Å²) in [5.41, 5.74) is 1.26. The molecule has 1 N–H and O–H groups in total. The van der Waals surface area contributed by atoms with Gasteiger partial charge in [0.1, 0.15) is 12.6 Å². The lowest BCUT2D eigenvalue weighted by molar-refractivity contribution is -0.384. The molecule has 0 saturated heterocycles. The molecule has 1 saturated carbocycles. The number of non-ortho nitro benzene ring substituents is 1. The van der Waals surface area contributed by atoms with E-state index in [1.165, 1.54) is 23.1 Å². The number of halogens is 1. The summed E-state index contributed by atoms with van der Waals surface area (Å²) in [6.07, 6.45) is 4.90. The minimum Gasteiger partial charge on any atom is -0.352 e. The van der Waals surface area contributed by atoms with Crippen molar-refractivity contribution in [3.8, 4) is 0 Å². The zero-order chi connectivity index (χ0) is 30.3. The van der Waals surface area contributed by atoms with Gasteiger partial charge in [-0.15, -0.1) is 0 Å². The fraction of sp³-hybridized carbons (Fsp3) is 0.333. The number of nitrogens with zero attached hydrogens (tertiary/aromatic N) is 3. The highest BCUT2D eigenvalue weighted by molar-refractivity contribution is 9.10. The molecular weight excluding hydrogens is 624 g/mol. The highest BCUT2D eigenvalue weighted by atomic mass is 79.9. The first-order chi connectivity index (χ1) is 20.0. The molecule has 12 heteroatoms. The number of rotatable bonds is 12. The fourth-order valence-corrected chi connectivity index (χ4v) is 6.42. The summed E-state index contributed by atoms with van der Waals surface area (Å²) in [6, 6.07) is 20.9. The number of amides is 2. The standard InChI is InChI=1S/C30H33BrN4O6S/c1-42(40,41)34(26-15-8-16-27(19-26)35(38)39)21-29(36)33(20-23-11-7-12-24(31)17-23)28(18-22-9-3-2-4-10-22)30(37)32-25-13-5-6-14-25/h2-4,7-12,15-17,19,25,28H,5-6,13-14,18,20-21H2,1H3,(H,32,37). The predicted octanol–water partition coefficient (Wildman–Crippen LogP) is 4.82. The van der Waals surface area contributed by atoms with E-state index in [0.717, 1.165) is 57.9 Å². The third-order valence-corrected chi connectivity index (χ3v) is 8.86. The number of hydrogen-bond donors (Lipinski definition) is 1. The lowest BCUT2D eigenvalue weighted by atomic mass is 10.0. The summed E-state index contributed by atoms with van der Waals surface area (Å²) >= 11 is 3.46. The maximum absolute atomic E-state index is 14.1. The molecule has 0 spiro atoms. The zero-order valence-corrected chi connectivity index (χ0v) is 25.6. The van der Waals surface area contributed by atoms with Crippen LogP contribution < -0.4 is 9.62 Å². The van der Waals surface area contributed by atoms with E-state index in [0.29, 0.717) is 0 Å². The van der Waals surface area contributed by atoms with Crippen molar-refractivity contribution in [2.45, 2.75) is 50.7 Å². The Balaban J connectivity index is 1.74. The summed E-state index contributed by atoms with van der Waals surface area (Å²) in [7, 11) is -4.04. The minimum absolute atomic E-state index is 0.0102. The van der Waals surface area contributed by atoms with E-state index in [9.17, 15) is 28.1 Å². The van der Waals surface area contributed by atoms with Crippen LogP contribution in [0.3, 0.4) is 0 Å². The van der Waals surface area contributed by atoms with E-state index in [-0.39, 0.29) is 36.3 Å². The van der Waals surface area contributed by atoms with Crippen molar-refractivity contribution < 1.29 is 22.9 Å². The second kappa shape index (κ2) is 13.9. The molecule has 0 heterocycles. The second-order valence-corrected chi connectivity index (χ2v) is 13.2. The minimum atomic E-state index is -4.04. The van der Waals surface area contributed by atoms with Crippen LogP contribution in [0.1, 0.15) is 36.8 Å². The summed E-state index contributed by atoms with van der Waals surface area (Å²) < 4.78 is 27.4. The van der Waals surface area contributed by atoms with Gasteiger partial charge in [-0.2, -0.15) is 0 Å². The molecule has 2 amide bonds. The highest BCUT2D eigenvalue weighted by Gasteiger charge is 2.34. The fourth-order valence-electron chi connectivity index (χ4n) is 5.13. The van der Waals surface area contributed by atoms with Crippen molar-refractivity contribution in [2.24, 2.45) is 0 Å². The van der Waals surface area contributed by atoms with Crippen LogP contribution in [0.5, 0.6) is 0 Å². The number of carbonyl (C=O) groups excluding carboxylic acids is 2. The number of nitrogens with one attached hydrogen (secondary N) is 1. The molecule has 1 atom stereocenters. The summed E-state index contributed by atoms with van der Waals surface area (Å²) in [4.78, 5) is 40.2. The van der Waals surface area contributed by atoms with Crippen LogP contribution >= 0.6 is 15.9 Å². The Morgan fingerprint density at radius 1 is 1.00 bits per heavy atom. The number of nitro groups is 1. The van der Waals surface area contributed by atoms with Crippen molar-refractivity contribution in [2.75, 3.05) is 17.1 Å². The van der Waals surface area contributed by atoms with Crippen molar-refractivity contribution in [3.63, 3.8) is 0 Å². The normalized spacial score (nSPS) is 14.2. The van der Waals surface area contributed by atoms with Gasteiger partial charge in [0, 0.05) is 35.6 Å². The van der Waals surface area contributed by atoms with Gasteiger partial charge in [0.15, 0.2) is 0 Å². The molecule has 1 aliphatic rings. The smallest absolute Gasteiger partial charge is 0.271 e. The molecule has 10 nitrogen and oxygen atoms in total. The van der Waals surface area contributed by atoms with E-state index in [1.54, 1.807) is 0 Å². The van der Waals surface area contributed by atoms with Crippen LogP contribution in [0.2, 0.25) is 0 Å². The second-order valence-electron chi connectivity index (χ2n) is 10.4. The average Bonchev–Trinajstić information content (AvgIpc) is 3.46. The molecular formula is C30H33BrN4O6S. The Morgan fingerprint density at radius 3 is 2.31 bits per heavy atom. The number of benzene rings is 3. The number of carbonyl (C=O) groups is 2. The van der Waals surface area contributed by atoms with Crippen LogP contribution in [-0.4, -0.2) is 54.9 Å². The Bertz CT molecular complexity index is 1530. The largest absolute Gasteiger partial charge is 0.352 e. The first kappa shape index (κ1) is 31.2. The Morgan fingerprint density at radius 2 is 1.67 bits per heavy atom. The molecule has 1 unspecified atom stereocenters. The van der Waals surface area contributed by atoms with E-state index in [1.807, 2.05) is 54.6 Å². The van der Waals surface area contributed by atoms with E-state index < -0.39 is 33.4 Å². The molecule has 0 radical (unpaired) electrons. The highest BCUT2D eigenvalue weighted by Crippen LogP contribution is 2.25. The third-order valence-electron chi connectivity index (χ3n) is 7.22. The molecule has 4 rings (SSSR count). The Labute approximate surface area is 254 Å². The lowest BCUT2D eigenvalue weighted by Gasteiger charge is -2.34. The van der Waals surface area contributed by atoms with Crippen LogP contribution in [0, 0.1) is 10.1 Å². The van der Waals surface area contributed by atoms with Gasteiger partial charge in [-0.1, -0.05) is 77.3 Å². The Hall–Kier alpha value is -3.77. The van der Waals surface area contributed by atoms with Gasteiger partial charge in [-0.3, -0.25) is 24.0 Å². The Kier molecular flexibility index (Phi) is 10.3. The molecule has 3 aromatic carbocycles. The van der Waals surface area contributed by atoms with Gasteiger partial charge in [0.05, 0.1) is 16.9 Å². The monoisotopic (exact) mass is 656 g/mol.